The predicted octanol–water partition coefficient (Wildman–Crippen LogP) is 2.92. The summed E-state index contributed by atoms with van der Waals surface area (Å²) < 4.78 is 10.4. The summed E-state index contributed by atoms with van der Waals surface area (Å²) in [5.41, 5.74) is 2.31. The van der Waals surface area contributed by atoms with Gasteiger partial charge in [-0.2, -0.15) is 0 Å². The van der Waals surface area contributed by atoms with E-state index >= 15 is 0 Å². The van der Waals surface area contributed by atoms with Crippen LogP contribution in [0.25, 0.3) is 0 Å². The van der Waals surface area contributed by atoms with E-state index < -0.39 is 0 Å². The van der Waals surface area contributed by atoms with Crippen molar-refractivity contribution in [3.63, 3.8) is 0 Å². The molecular weight excluding hydrogens is 214 g/mol. The van der Waals surface area contributed by atoms with Crippen molar-refractivity contribution in [3.05, 3.63) is 29.8 Å². The zero-order chi connectivity index (χ0) is 12.7. The van der Waals surface area contributed by atoms with Crippen LogP contribution >= 0.6 is 0 Å². The van der Waals surface area contributed by atoms with Crippen LogP contribution in [0, 0.1) is 5.92 Å². The lowest BCUT2D eigenvalue weighted by Crippen LogP contribution is -2.30. The number of ether oxygens (including phenoxy) is 2. The number of anilines is 1. The number of hydrogen-bond donors (Lipinski definition) is 1. The van der Waals surface area contributed by atoms with Crippen LogP contribution < -0.4 is 5.32 Å². The van der Waals surface area contributed by atoms with Gasteiger partial charge in [0.2, 0.25) is 0 Å². The summed E-state index contributed by atoms with van der Waals surface area (Å²) in [4.78, 5) is 0. The first-order chi connectivity index (χ1) is 8.19. The summed E-state index contributed by atoms with van der Waals surface area (Å²) in [6.45, 7) is 5.71. The van der Waals surface area contributed by atoms with E-state index in [1.54, 1.807) is 14.2 Å². The van der Waals surface area contributed by atoms with Crippen LogP contribution in [-0.2, 0) is 16.1 Å². The van der Waals surface area contributed by atoms with Crippen molar-refractivity contribution < 1.29 is 9.47 Å². The summed E-state index contributed by atoms with van der Waals surface area (Å²) in [5.74, 6) is 0.519. The predicted molar refractivity (Wildman–Crippen MR) is 71.3 cm³/mol. The fourth-order valence-electron chi connectivity index (χ4n) is 1.72. The quantitative estimate of drug-likeness (QED) is 0.791. The number of benzene rings is 1. The van der Waals surface area contributed by atoms with Gasteiger partial charge in [0.15, 0.2) is 0 Å². The van der Waals surface area contributed by atoms with Gasteiger partial charge >= 0.3 is 0 Å². The van der Waals surface area contributed by atoms with Crippen LogP contribution in [0.3, 0.4) is 0 Å². The highest BCUT2D eigenvalue weighted by molar-refractivity contribution is 5.51. The van der Waals surface area contributed by atoms with E-state index in [0.29, 0.717) is 25.2 Å². The van der Waals surface area contributed by atoms with Crippen molar-refractivity contribution in [3.8, 4) is 0 Å². The minimum atomic E-state index is 0.318. The Morgan fingerprint density at radius 3 is 2.41 bits per heavy atom. The van der Waals surface area contributed by atoms with Gasteiger partial charge in [-0.3, -0.25) is 0 Å². The van der Waals surface area contributed by atoms with E-state index in [-0.39, 0.29) is 0 Å². The molecule has 1 N–H and O–H groups in total. The molecule has 0 bridgehead atoms. The van der Waals surface area contributed by atoms with Crippen molar-refractivity contribution in [1.29, 1.82) is 0 Å². The molecule has 0 aromatic heterocycles. The first-order valence-electron chi connectivity index (χ1n) is 6.01. The Morgan fingerprint density at radius 2 is 1.82 bits per heavy atom. The van der Waals surface area contributed by atoms with E-state index in [9.17, 15) is 0 Å². The molecule has 0 amide bonds. The maximum absolute atomic E-state index is 5.24. The lowest BCUT2D eigenvalue weighted by molar-refractivity contribution is 0.170. The molecule has 0 saturated carbocycles. The van der Waals surface area contributed by atoms with Crippen molar-refractivity contribution in [2.24, 2.45) is 5.92 Å². The zero-order valence-electron chi connectivity index (χ0n) is 11.2. The Balaban J connectivity index is 2.77. The minimum absolute atomic E-state index is 0.318. The van der Waals surface area contributed by atoms with Crippen LogP contribution in [0.15, 0.2) is 24.3 Å². The lowest BCUT2D eigenvalue weighted by Gasteiger charge is -2.24. The van der Waals surface area contributed by atoms with Gasteiger partial charge < -0.3 is 14.8 Å². The number of nitrogens with one attached hydrogen (secondary N) is 1. The highest BCUT2D eigenvalue weighted by Gasteiger charge is 2.14. The first-order valence-corrected chi connectivity index (χ1v) is 6.01. The second-order valence-corrected chi connectivity index (χ2v) is 4.54. The minimum Gasteiger partial charge on any atom is -0.383 e. The molecule has 1 unspecified atom stereocenters. The third-order valence-corrected chi connectivity index (χ3v) is 2.81. The number of methoxy groups -OCH3 is 2. The van der Waals surface area contributed by atoms with E-state index in [1.807, 2.05) is 12.1 Å². The Hall–Kier alpha value is -1.06. The smallest absolute Gasteiger partial charge is 0.0733 e. The molecule has 0 aliphatic heterocycles. The van der Waals surface area contributed by atoms with Crippen LogP contribution in [0.5, 0.6) is 0 Å². The van der Waals surface area contributed by atoms with Crippen molar-refractivity contribution in [2.75, 3.05) is 26.1 Å². The van der Waals surface area contributed by atoms with Gasteiger partial charge in [-0.1, -0.05) is 32.0 Å². The van der Waals surface area contributed by atoms with Gasteiger partial charge in [0.05, 0.1) is 19.3 Å². The molecule has 1 rings (SSSR count). The molecule has 0 spiro atoms. The van der Waals surface area contributed by atoms with Crippen molar-refractivity contribution >= 4 is 5.69 Å². The Labute approximate surface area is 104 Å². The molecule has 0 fully saturated rings. The third-order valence-electron chi connectivity index (χ3n) is 2.81. The average Bonchev–Trinajstić information content (AvgIpc) is 2.31. The summed E-state index contributed by atoms with van der Waals surface area (Å²) in [6, 6.07) is 8.54. The lowest BCUT2D eigenvalue weighted by atomic mass is 10.0. The number of para-hydroxylation sites is 1. The van der Waals surface area contributed by atoms with Gasteiger partial charge in [-0.15, -0.1) is 0 Å². The van der Waals surface area contributed by atoms with Gasteiger partial charge in [0.1, 0.15) is 0 Å². The van der Waals surface area contributed by atoms with E-state index in [2.05, 4.69) is 31.3 Å². The zero-order valence-corrected chi connectivity index (χ0v) is 11.2. The van der Waals surface area contributed by atoms with E-state index in [1.165, 1.54) is 5.56 Å². The summed E-state index contributed by atoms with van der Waals surface area (Å²) in [5, 5.41) is 3.53. The topological polar surface area (TPSA) is 30.5 Å². The molecule has 0 radical (unpaired) electrons. The maximum atomic E-state index is 5.24. The van der Waals surface area contributed by atoms with Crippen molar-refractivity contribution in [1.82, 2.24) is 0 Å². The largest absolute Gasteiger partial charge is 0.383 e. The summed E-state index contributed by atoms with van der Waals surface area (Å²) in [7, 11) is 3.45. The number of rotatable bonds is 7. The average molecular weight is 237 g/mol. The van der Waals surface area contributed by atoms with Gasteiger partial charge in [-0.25, -0.2) is 0 Å². The SMILES string of the molecule is COCc1ccccc1NC(COC)C(C)C. The highest BCUT2D eigenvalue weighted by atomic mass is 16.5. The monoisotopic (exact) mass is 237 g/mol. The molecule has 0 heterocycles. The molecule has 1 aromatic rings. The molecule has 96 valence electrons. The Morgan fingerprint density at radius 1 is 1.12 bits per heavy atom. The fraction of sp³-hybridized carbons (Fsp3) is 0.571. The molecule has 0 aliphatic carbocycles. The maximum Gasteiger partial charge on any atom is 0.0733 e. The van der Waals surface area contributed by atoms with Gasteiger partial charge in [0.25, 0.3) is 0 Å². The molecule has 1 aromatic carbocycles. The summed E-state index contributed by atoms with van der Waals surface area (Å²) in [6.07, 6.45) is 0. The highest BCUT2D eigenvalue weighted by Crippen LogP contribution is 2.19. The Kier molecular flexibility index (Phi) is 6.01. The number of hydrogen-bond acceptors (Lipinski definition) is 3. The molecule has 0 saturated heterocycles. The van der Waals surface area contributed by atoms with E-state index in [4.69, 9.17) is 9.47 Å². The normalized spacial score (nSPS) is 12.8. The van der Waals surface area contributed by atoms with Gasteiger partial charge in [-0.05, 0) is 12.0 Å². The first kappa shape index (κ1) is 14.0. The summed E-state index contributed by atoms with van der Waals surface area (Å²) >= 11 is 0. The van der Waals surface area contributed by atoms with Crippen LogP contribution in [0.1, 0.15) is 19.4 Å². The van der Waals surface area contributed by atoms with Gasteiger partial charge in [0, 0.05) is 25.5 Å². The molecular formula is C14H23NO2. The molecule has 3 nitrogen and oxygen atoms in total. The third kappa shape index (κ3) is 4.36. The second-order valence-electron chi connectivity index (χ2n) is 4.54. The molecule has 0 aliphatic rings. The standard InChI is InChI=1S/C14H23NO2/c1-11(2)14(10-17-4)15-13-8-6-5-7-12(13)9-16-3/h5-8,11,14-15H,9-10H2,1-4H3. The molecule has 17 heavy (non-hydrogen) atoms. The fourth-order valence-corrected chi connectivity index (χ4v) is 1.72. The van der Waals surface area contributed by atoms with Crippen LogP contribution in [0.4, 0.5) is 5.69 Å². The molecule has 3 heteroatoms. The van der Waals surface area contributed by atoms with Crippen LogP contribution in [-0.4, -0.2) is 26.9 Å². The second kappa shape index (κ2) is 7.30. The van der Waals surface area contributed by atoms with Crippen molar-refractivity contribution in [2.45, 2.75) is 26.5 Å². The Bertz CT molecular complexity index is 326. The van der Waals surface area contributed by atoms with E-state index in [0.717, 1.165) is 5.69 Å². The van der Waals surface area contributed by atoms with Crippen LogP contribution in [0.2, 0.25) is 0 Å². The molecule has 1 atom stereocenters.